The van der Waals surface area contributed by atoms with Crippen LogP contribution in [0.25, 0.3) is 10.9 Å². The molecule has 0 amide bonds. The van der Waals surface area contributed by atoms with E-state index in [1.807, 2.05) is 6.07 Å². The zero-order valence-electron chi connectivity index (χ0n) is 19.5. The van der Waals surface area contributed by atoms with Gasteiger partial charge in [-0.05, 0) is 49.1 Å². The van der Waals surface area contributed by atoms with Gasteiger partial charge in [-0.2, -0.15) is 13.2 Å². The van der Waals surface area contributed by atoms with Crippen LogP contribution in [0.4, 0.5) is 24.5 Å². The average Bonchev–Trinajstić information content (AvgIpc) is 3.14. The van der Waals surface area contributed by atoms with Crippen LogP contribution in [-0.4, -0.2) is 56.3 Å². The van der Waals surface area contributed by atoms with E-state index in [2.05, 4.69) is 22.5 Å². The quantitative estimate of drug-likeness (QED) is 0.330. The van der Waals surface area contributed by atoms with Gasteiger partial charge in [0, 0.05) is 42.7 Å². The van der Waals surface area contributed by atoms with E-state index in [4.69, 9.17) is 4.74 Å². The summed E-state index contributed by atoms with van der Waals surface area (Å²) in [5.74, 6) is 5.33. The standard InChI is InChI=1S/C25H26F3N3O4S/c1-36(33,34)19-7-8-22(24(32)15-19)29-11-3-4-18-14-20-21(30-17-9-12-35-13-10-17)5-2-6-23(20)31(18)16-25(26,27)28/h2,5-8,14-15,17,29-30,32H,9-13,16H2,1H3. The highest BCUT2D eigenvalue weighted by Gasteiger charge is 2.30. The van der Waals surface area contributed by atoms with Gasteiger partial charge in [-0.3, -0.25) is 0 Å². The number of nitrogens with one attached hydrogen (secondary N) is 2. The molecule has 7 nitrogen and oxygen atoms in total. The number of anilines is 2. The number of fused-ring (bicyclic) bond motifs is 1. The molecule has 3 N–H and O–H groups in total. The van der Waals surface area contributed by atoms with Crippen LogP contribution in [0, 0.1) is 11.8 Å². The third kappa shape index (κ3) is 6.25. The molecule has 0 saturated carbocycles. The van der Waals surface area contributed by atoms with Crippen molar-refractivity contribution >= 4 is 32.1 Å². The Morgan fingerprint density at radius 1 is 1.14 bits per heavy atom. The second kappa shape index (κ2) is 10.3. The van der Waals surface area contributed by atoms with Gasteiger partial charge in [-0.25, -0.2) is 8.42 Å². The van der Waals surface area contributed by atoms with Gasteiger partial charge in [-0.1, -0.05) is 12.0 Å². The Morgan fingerprint density at radius 3 is 2.56 bits per heavy atom. The first-order valence-electron chi connectivity index (χ1n) is 11.3. The van der Waals surface area contributed by atoms with E-state index in [1.54, 1.807) is 18.2 Å². The molecule has 192 valence electrons. The molecular formula is C25H26F3N3O4S. The number of benzene rings is 2. The number of phenols is 1. The number of aromatic nitrogens is 1. The van der Waals surface area contributed by atoms with Crippen molar-refractivity contribution in [1.82, 2.24) is 4.57 Å². The Bertz CT molecular complexity index is 1420. The van der Waals surface area contributed by atoms with E-state index in [-0.39, 0.29) is 34.6 Å². The number of hydrogen-bond donors (Lipinski definition) is 3. The zero-order valence-corrected chi connectivity index (χ0v) is 20.3. The first-order chi connectivity index (χ1) is 17.0. The highest BCUT2D eigenvalue weighted by Crippen LogP contribution is 2.31. The molecule has 3 aromatic rings. The van der Waals surface area contributed by atoms with E-state index >= 15 is 0 Å². The van der Waals surface area contributed by atoms with E-state index in [0.717, 1.165) is 35.4 Å². The minimum atomic E-state index is -4.43. The van der Waals surface area contributed by atoms with Crippen molar-refractivity contribution in [3.05, 3.63) is 48.2 Å². The first kappa shape index (κ1) is 25.7. The number of rotatable bonds is 6. The molecule has 0 aliphatic carbocycles. The molecule has 1 aliphatic rings. The van der Waals surface area contributed by atoms with Crippen molar-refractivity contribution in [3.63, 3.8) is 0 Å². The number of nitrogens with zero attached hydrogens (tertiary/aromatic N) is 1. The fraction of sp³-hybridized carbons (Fsp3) is 0.360. The van der Waals surface area contributed by atoms with Crippen molar-refractivity contribution in [2.24, 2.45) is 0 Å². The summed E-state index contributed by atoms with van der Waals surface area (Å²) in [6, 6.07) is 10.9. The van der Waals surface area contributed by atoms with Gasteiger partial charge < -0.3 is 25.0 Å². The van der Waals surface area contributed by atoms with Gasteiger partial charge in [0.2, 0.25) is 0 Å². The van der Waals surface area contributed by atoms with E-state index in [0.29, 0.717) is 24.1 Å². The molecular weight excluding hydrogens is 495 g/mol. The van der Waals surface area contributed by atoms with Gasteiger partial charge >= 0.3 is 6.18 Å². The summed E-state index contributed by atoms with van der Waals surface area (Å²) < 4.78 is 69.9. The van der Waals surface area contributed by atoms with Crippen LogP contribution in [0.3, 0.4) is 0 Å². The molecule has 11 heteroatoms. The summed E-state index contributed by atoms with van der Waals surface area (Å²) >= 11 is 0. The van der Waals surface area contributed by atoms with Crippen LogP contribution in [0.5, 0.6) is 5.75 Å². The van der Waals surface area contributed by atoms with Crippen LogP contribution in [0.15, 0.2) is 47.4 Å². The predicted molar refractivity (Wildman–Crippen MR) is 132 cm³/mol. The van der Waals surface area contributed by atoms with Gasteiger partial charge in [0.05, 0.1) is 28.3 Å². The second-order valence-electron chi connectivity index (χ2n) is 8.61. The lowest BCUT2D eigenvalue weighted by atomic mass is 10.1. The van der Waals surface area contributed by atoms with Gasteiger partial charge in [-0.15, -0.1) is 0 Å². The van der Waals surface area contributed by atoms with Crippen LogP contribution < -0.4 is 10.6 Å². The molecule has 0 bridgehead atoms. The molecule has 1 fully saturated rings. The lowest BCUT2D eigenvalue weighted by Crippen LogP contribution is -2.27. The topological polar surface area (TPSA) is 92.6 Å². The number of phenolic OH excluding ortho intramolecular Hbond substituents is 1. The predicted octanol–water partition coefficient (Wildman–Crippen LogP) is 4.37. The highest BCUT2D eigenvalue weighted by atomic mass is 32.2. The van der Waals surface area contributed by atoms with Crippen LogP contribution >= 0.6 is 0 Å². The lowest BCUT2D eigenvalue weighted by molar-refractivity contribution is -0.140. The minimum absolute atomic E-state index is 0.0203. The maximum absolute atomic E-state index is 13.4. The molecule has 36 heavy (non-hydrogen) atoms. The summed E-state index contributed by atoms with van der Waals surface area (Å²) in [7, 11) is -3.47. The Hall–Kier alpha value is -3.36. The fourth-order valence-corrected chi connectivity index (χ4v) is 4.73. The van der Waals surface area contributed by atoms with Gasteiger partial charge in [0.15, 0.2) is 9.84 Å². The van der Waals surface area contributed by atoms with Crippen molar-refractivity contribution in [1.29, 1.82) is 0 Å². The van der Waals surface area contributed by atoms with Crippen LogP contribution in [0.2, 0.25) is 0 Å². The number of halogens is 3. The Kier molecular flexibility index (Phi) is 7.38. The monoisotopic (exact) mass is 521 g/mol. The Balaban J connectivity index is 1.59. The van der Waals surface area contributed by atoms with Crippen molar-refractivity contribution < 1.29 is 31.4 Å². The van der Waals surface area contributed by atoms with Crippen molar-refractivity contribution in [2.75, 3.05) is 36.6 Å². The Morgan fingerprint density at radius 2 is 1.89 bits per heavy atom. The van der Waals surface area contributed by atoms with Crippen molar-refractivity contribution in [2.45, 2.75) is 36.5 Å². The van der Waals surface area contributed by atoms with Gasteiger partial charge in [0.25, 0.3) is 0 Å². The number of sulfone groups is 1. The second-order valence-corrected chi connectivity index (χ2v) is 10.6. The fourth-order valence-electron chi connectivity index (χ4n) is 4.09. The maximum Gasteiger partial charge on any atom is 0.406 e. The van der Waals surface area contributed by atoms with Crippen LogP contribution in [-0.2, 0) is 21.1 Å². The largest absolute Gasteiger partial charge is 0.506 e. The molecule has 1 aromatic heterocycles. The molecule has 0 atom stereocenters. The van der Waals surface area contributed by atoms with E-state index < -0.39 is 22.6 Å². The van der Waals surface area contributed by atoms with Gasteiger partial charge in [0.1, 0.15) is 12.3 Å². The van der Waals surface area contributed by atoms with E-state index in [9.17, 15) is 26.7 Å². The summed E-state index contributed by atoms with van der Waals surface area (Å²) in [6.45, 7) is 0.118. The highest BCUT2D eigenvalue weighted by molar-refractivity contribution is 7.90. The maximum atomic E-state index is 13.4. The minimum Gasteiger partial charge on any atom is -0.506 e. The summed E-state index contributed by atoms with van der Waals surface area (Å²) in [5.41, 5.74) is 1.64. The summed E-state index contributed by atoms with van der Waals surface area (Å²) in [6.07, 6.45) is -1.77. The number of aromatic hydroxyl groups is 1. The molecule has 2 heterocycles. The number of alkyl halides is 3. The van der Waals surface area contributed by atoms with E-state index in [1.165, 1.54) is 12.1 Å². The lowest BCUT2D eigenvalue weighted by Gasteiger charge is -2.24. The molecule has 0 spiro atoms. The summed E-state index contributed by atoms with van der Waals surface area (Å²) in [4.78, 5) is -0.0292. The molecule has 0 radical (unpaired) electrons. The molecule has 1 saturated heterocycles. The van der Waals surface area contributed by atoms with Crippen molar-refractivity contribution in [3.8, 4) is 17.6 Å². The number of hydrogen-bond acceptors (Lipinski definition) is 6. The summed E-state index contributed by atoms with van der Waals surface area (Å²) in [5, 5.41) is 17.0. The molecule has 1 aliphatic heterocycles. The molecule has 2 aromatic carbocycles. The Labute approximate surface area is 207 Å². The smallest absolute Gasteiger partial charge is 0.406 e. The number of ether oxygens (including phenoxy) is 1. The molecule has 4 rings (SSSR count). The van der Waals surface area contributed by atoms with Crippen LogP contribution in [0.1, 0.15) is 18.5 Å². The first-order valence-corrected chi connectivity index (χ1v) is 13.2. The zero-order chi connectivity index (χ0) is 25.9. The third-order valence-corrected chi connectivity index (χ3v) is 6.96. The average molecular weight is 522 g/mol. The molecule has 0 unspecified atom stereocenters. The normalized spacial score (nSPS) is 14.9. The third-order valence-electron chi connectivity index (χ3n) is 5.85. The SMILES string of the molecule is CS(=O)(=O)c1ccc(NCC#Cc2cc3c(NC4CCOCC4)cccc3n2CC(F)(F)F)c(O)c1.